The number of nitrogens with zero attached hydrogens (tertiary/aromatic N) is 2. The molecule has 1 aromatic heterocycles. The molecule has 0 aliphatic carbocycles. The van der Waals surface area contributed by atoms with Crippen molar-refractivity contribution in [1.29, 1.82) is 0 Å². The standard InChI is InChI=1S/C13H16ClIN4/c1-19-8-9(7-17-19)2-5-13(18-16)11-6-10(14)3-4-12(11)15/h3-4,6-8,13,18H,2,5,16H2,1H3. The van der Waals surface area contributed by atoms with E-state index in [2.05, 4.69) is 33.1 Å². The summed E-state index contributed by atoms with van der Waals surface area (Å²) < 4.78 is 2.97. The van der Waals surface area contributed by atoms with Crippen LogP contribution in [0.4, 0.5) is 0 Å². The van der Waals surface area contributed by atoms with E-state index >= 15 is 0 Å². The number of nitrogens with two attached hydrogens (primary N) is 1. The maximum Gasteiger partial charge on any atom is 0.0521 e. The average Bonchev–Trinajstić information content (AvgIpc) is 2.80. The van der Waals surface area contributed by atoms with Crippen molar-refractivity contribution >= 4 is 34.2 Å². The molecular formula is C13H16ClIN4. The number of benzene rings is 1. The van der Waals surface area contributed by atoms with E-state index in [-0.39, 0.29) is 6.04 Å². The van der Waals surface area contributed by atoms with E-state index < -0.39 is 0 Å². The Morgan fingerprint density at radius 2 is 2.32 bits per heavy atom. The molecule has 1 aromatic carbocycles. The summed E-state index contributed by atoms with van der Waals surface area (Å²) in [6.45, 7) is 0. The monoisotopic (exact) mass is 390 g/mol. The Kier molecular flexibility index (Phi) is 5.20. The van der Waals surface area contributed by atoms with Crippen LogP contribution in [-0.2, 0) is 13.5 Å². The fraction of sp³-hybridized carbons (Fsp3) is 0.308. The smallest absolute Gasteiger partial charge is 0.0521 e. The lowest BCUT2D eigenvalue weighted by atomic mass is 10.0. The molecule has 19 heavy (non-hydrogen) atoms. The van der Waals surface area contributed by atoms with E-state index in [1.54, 1.807) is 0 Å². The fourth-order valence-electron chi connectivity index (χ4n) is 2.02. The summed E-state index contributed by atoms with van der Waals surface area (Å²) in [5.74, 6) is 5.68. The van der Waals surface area contributed by atoms with E-state index in [1.807, 2.05) is 42.3 Å². The fourth-order valence-corrected chi connectivity index (χ4v) is 2.91. The molecule has 2 aromatic rings. The first-order chi connectivity index (χ1) is 9.10. The lowest BCUT2D eigenvalue weighted by Crippen LogP contribution is -2.29. The van der Waals surface area contributed by atoms with Crippen molar-refractivity contribution in [3.05, 3.63) is 50.3 Å². The molecule has 0 amide bonds. The zero-order valence-corrected chi connectivity index (χ0v) is 13.5. The van der Waals surface area contributed by atoms with Gasteiger partial charge in [-0.25, -0.2) is 0 Å². The maximum atomic E-state index is 6.05. The van der Waals surface area contributed by atoms with Crippen LogP contribution >= 0.6 is 34.2 Å². The quantitative estimate of drug-likeness (QED) is 0.469. The summed E-state index contributed by atoms with van der Waals surface area (Å²) >= 11 is 8.36. The van der Waals surface area contributed by atoms with Crippen LogP contribution in [0.1, 0.15) is 23.6 Å². The normalized spacial score (nSPS) is 12.6. The van der Waals surface area contributed by atoms with Gasteiger partial charge in [0.05, 0.1) is 6.20 Å². The van der Waals surface area contributed by atoms with Crippen LogP contribution in [0.25, 0.3) is 0 Å². The molecule has 1 atom stereocenters. The highest BCUT2D eigenvalue weighted by Crippen LogP contribution is 2.26. The number of nitrogens with one attached hydrogen (secondary N) is 1. The van der Waals surface area contributed by atoms with Gasteiger partial charge in [-0.05, 0) is 64.8 Å². The third-order valence-electron chi connectivity index (χ3n) is 3.01. The SMILES string of the molecule is Cn1cc(CCC(NN)c2cc(Cl)ccc2I)cn1. The van der Waals surface area contributed by atoms with E-state index in [0.717, 1.165) is 27.0 Å². The highest BCUT2D eigenvalue weighted by atomic mass is 127. The number of rotatable bonds is 5. The summed E-state index contributed by atoms with van der Waals surface area (Å²) in [6.07, 6.45) is 5.73. The van der Waals surface area contributed by atoms with Gasteiger partial charge in [-0.15, -0.1) is 0 Å². The van der Waals surface area contributed by atoms with Crippen molar-refractivity contribution in [2.24, 2.45) is 12.9 Å². The van der Waals surface area contributed by atoms with Gasteiger partial charge < -0.3 is 0 Å². The molecular weight excluding hydrogens is 375 g/mol. The van der Waals surface area contributed by atoms with Crippen LogP contribution in [-0.4, -0.2) is 9.78 Å². The summed E-state index contributed by atoms with van der Waals surface area (Å²) in [5, 5.41) is 4.90. The second-order valence-electron chi connectivity index (χ2n) is 4.45. The molecule has 0 fully saturated rings. The Bertz CT molecular complexity index is 555. The first-order valence-electron chi connectivity index (χ1n) is 5.98. The predicted octanol–water partition coefficient (Wildman–Crippen LogP) is 2.82. The Morgan fingerprint density at radius 3 is 2.95 bits per heavy atom. The van der Waals surface area contributed by atoms with Crippen molar-refractivity contribution in [2.75, 3.05) is 0 Å². The lowest BCUT2D eigenvalue weighted by molar-refractivity contribution is 0.514. The molecule has 4 nitrogen and oxygen atoms in total. The first kappa shape index (κ1) is 14.8. The molecule has 0 saturated carbocycles. The summed E-state index contributed by atoms with van der Waals surface area (Å²) in [6, 6.07) is 5.96. The van der Waals surface area contributed by atoms with Gasteiger partial charge in [0.15, 0.2) is 0 Å². The summed E-state index contributed by atoms with van der Waals surface area (Å²) in [5.41, 5.74) is 5.22. The van der Waals surface area contributed by atoms with Crippen molar-refractivity contribution in [3.63, 3.8) is 0 Å². The van der Waals surface area contributed by atoms with Crippen LogP contribution in [0.2, 0.25) is 5.02 Å². The zero-order valence-electron chi connectivity index (χ0n) is 10.6. The van der Waals surface area contributed by atoms with Gasteiger partial charge in [0.2, 0.25) is 0 Å². The van der Waals surface area contributed by atoms with Gasteiger partial charge in [0.25, 0.3) is 0 Å². The third-order valence-corrected chi connectivity index (χ3v) is 4.23. The largest absolute Gasteiger partial charge is 0.276 e. The van der Waals surface area contributed by atoms with Gasteiger partial charge in [-0.1, -0.05) is 11.6 Å². The number of aromatic nitrogens is 2. The number of hydrazine groups is 1. The minimum absolute atomic E-state index is 0.0887. The second-order valence-corrected chi connectivity index (χ2v) is 6.04. The van der Waals surface area contributed by atoms with E-state index in [1.165, 1.54) is 5.56 Å². The molecule has 0 aliphatic heterocycles. The van der Waals surface area contributed by atoms with Crippen LogP contribution in [0.5, 0.6) is 0 Å². The highest BCUT2D eigenvalue weighted by Gasteiger charge is 2.14. The average molecular weight is 391 g/mol. The van der Waals surface area contributed by atoms with Crippen LogP contribution < -0.4 is 11.3 Å². The molecule has 0 aliphatic rings. The van der Waals surface area contributed by atoms with Gasteiger partial charge >= 0.3 is 0 Å². The third kappa shape index (κ3) is 3.92. The van der Waals surface area contributed by atoms with Gasteiger partial charge in [0.1, 0.15) is 0 Å². The minimum Gasteiger partial charge on any atom is -0.276 e. The minimum atomic E-state index is 0.0887. The Hall–Kier alpha value is -0.630. The molecule has 102 valence electrons. The molecule has 3 N–H and O–H groups in total. The molecule has 0 spiro atoms. The number of hydrogen-bond donors (Lipinski definition) is 2. The lowest BCUT2D eigenvalue weighted by Gasteiger charge is -2.17. The molecule has 0 saturated heterocycles. The van der Waals surface area contributed by atoms with Crippen LogP contribution in [0.15, 0.2) is 30.6 Å². The van der Waals surface area contributed by atoms with Crippen molar-refractivity contribution in [2.45, 2.75) is 18.9 Å². The maximum absolute atomic E-state index is 6.05. The summed E-state index contributed by atoms with van der Waals surface area (Å²) in [7, 11) is 1.92. The van der Waals surface area contributed by atoms with E-state index in [4.69, 9.17) is 17.4 Å². The first-order valence-corrected chi connectivity index (χ1v) is 7.44. The molecule has 1 unspecified atom stereocenters. The summed E-state index contributed by atoms with van der Waals surface area (Å²) in [4.78, 5) is 0. The van der Waals surface area contributed by atoms with E-state index in [0.29, 0.717) is 0 Å². The van der Waals surface area contributed by atoms with Gasteiger partial charge in [-0.3, -0.25) is 16.0 Å². The van der Waals surface area contributed by atoms with Crippen molar-refractivity contribution in [1.82, 2.24) is 15.2 Å². The Labute approximate surface area is 131 Å². The number of hydrogen-bond acceptors (Lipinski definition) is 3. The van der Waals surface area contributed by atoms with Gasteiger partial charge in [0, 0.05) is 27.9 Å². The van der Waals surface area contributed by atoms with E-state index in [9.17, 15) is 0 Å². The molecule has 1 heterocycles. The molecule has 0 bridgehead atoms. The number of aryl methyl sites for hydroxylation is 2. The Morgan fingerprint density at radius 1 is 1.53 bits per heavy atom. The van der Waals surface area contributed by atoms with Gasteiger partial charge in [-0.2, -0.15) is 5.10 Å². The van der Waals surface area contributed by atoms with Crippen LogP contribution in [0.3, 0.4) is 0 Å². The molecule has 0 radical (unpaired) electrons. The highest BCUT2D eigenvalue weighted by molar-refractivity contribution is 14.1. The topological polar surface area (TPSA) is 55.9 Å². The Balaban J connectivity index is 2.09. The molecule has 2 rings (SSSR count). The van der Waals surface area contributed by atoms with Crippen molar-refractivity contribution in [3.8, 4) is 0 Å². The van der Waals surface area contributed by atoms with Crippen molar-refractivity contribution < 1.29 is 0 Å². The predicted molar refractivity (Wildman–Crippen MR) is 85.8 cm³/mol. The second kappa shape index (κ2) is 6.69. The molecule has 6 heteroatoms. The van der Waals surface area contributed by atoms with Crippen LogP contribution in [0, 0.1) is 3.57 Å². The zero-order chi connectivity index (χ0) is 13.8. The number of halogens is 2.